The summed E-state index contributed by atoms with van der Waals surface area (Å²) in [6.07, 6.45) is 3.97. The molecule has 0 atom stereocenters. The minimum atomic E-state index is 0.818. The van der Waals surface area contributed by atoms with E-state index in [1.165, 1.54) is 4.88 Å². The maximum atomic E-state index is 4.23. The third kappa shape index (κ3) is 6.13. The Bertz CT molecular complexity index is 539. The minimum absolute atomic E-state index is 0.818. The van der Waals surface area contributed by atoms with Crippen molar-refractivity contribution < 1.29 is 0 Å². The predicted octanol–water partition coefficient (Wildman–Crippen LogP) is 2.70. The number of guanidine groups is 1. The van der Waals surface area contributed by atoms with E-state index in [1.54, 1.807) is 24.6 Å². The molecular weight excluding hydrogens is 294 g/mol. The number of pyridine rings is 1. The second kappa shape index (κ2) is 9.78. The average molecular weight is 317 g/mol. The van der Waals surface area contributed by atoms with Crippen molar-refractivity contribution in [2.24, 2.45) is 4.99 Å². The van der Waals surface area contributed by atoms with Crippen LogP contribution in [0.2, 0.25) is 0 Å². The number of anilines is 1. The lowest BCUT2D eigenvalue weighted by atomic mass is 10.3. The molecule has 0 saturated heterocycles. The second-order valence-electron chi connectivity index (χ2n) is 4.78. The van der Waals surface area contributed by atoms with Crippen LogP contribution in [0.4, 0.5) is 5.82 Å². The second-order valence-corrected chi connectivity index (χ2v) is 5.81. The van der Waals surface area contributed by atoms with Gasteiger partial charge < -0.3 is 16.0 Å². The Hall–Kier alpha value is -2.08. The van der Waals surface area contributed by atoms with E-state index in [-0.39, 0.29) is 0 Å². The highest BCUT2D eigenvalue weighted by Crippen LogP contribution is 2.07. The van der Waals surface area contributed by atoms with Gasteiger partial charge in [-0.1, -0.05) is 12.1 Å². The van der Waals surface area contributed by atoms with Crippen molar-refractivity contribution in [3.8, 4) is 0 Å². The molecule has 0 saturated carbocycles. The Kier molecular flexibility index (Phi) is 7.25. The molecule has 0 unspecified atom stereocenters. The van der Waals surface area contributed by atoms with Crippen LogP contribution in [0.3, 0.4) is 0 Å². The fraction of sp³-hybridized carbons (Fsp3) is 0.375. The van der Waals surface area contributed by atoms with E-state index >= 15 is 0 Å². The van der Waals surface area contributed by atoms with Crippen LogP contribution in [0, 0.1) is 0 Å². The summed E-state index contributed by atoms with van der Waals surface area (Å²) in [7, 11) is 1.80. The van der Waals surface area contributed by atoms with E-state index in [0.717, 1.165) is 44.3 Å². The number of thiophene rings is 1. The summed E-state index contributed by atoms with van der Waals surface area (Å²) in [4.78, 5) is 9.77. The fourth-order valence-electron chi connectivity index (χ4n) is 1.95. The van der Waals surface area contributed by atoms with E-state index in [1.807, 2.05) is 18.2 Å². The summed E-state index contributed by atoms with van der Waals surface area (Å²) >= 11 is 1.75. The number of nitrogens with zero attached hydrogens (tertiary/aromatic N) is 2. The molecule has 2 aromatic rings. The monoisotopic (exact) mass is 317 g/mol. The number of rotatable bonds is 8. The summed E-state index contributed by atoms with van der Waals surface area (Å²) in [5, 5.41) is 12.0. The van der Waals surface area contributed by atoms with Gasteiger partial charge >= 0.3 is 0 Å². The molecule has 22 heavy (non-hydrogen) atoms. The summed E-state index contributed by atoms with van der Waals surface area (Å²) < 4.78 is 0. The van der Waals surface area contributed by atoms with E-state index in [2.05, 4.69) is 43.4 Å². The molecule has 0 amide bonds. The molecule has 0 radical (unpaired) electrons. The number of hydrogen-bond donors (Lipinski definition) is 3. The molecule has 0 bridgehead atoms. The predicted molar refractivity (Wildman–Crippen MR) is 94.5 cm³/mol. The van der Waals surface area contributed by atoms with Crippen LogP contribution >= 0.6 is 11.3 Å². The van der Waals surface area contributed by atoms with Crippen molar-refractivity contribution in [1.82, 2.24) is 15.6 Å². The number of aromatic nitrogens is 1. The molecule has 2 heterocycles. The third-order valence-electron chi connectivity index (χ3n) is 3.10. The zero-order chi connectivity index (χ0) is 15.5. The minimum Gasteiger partial charge on any atom is -0.370 e. The molecule has 0 aliphatic carbocycles. The summed E-state index contributed by atoms with van der Waals surface area (Å²) in [6, 6.07) is 10.1. The van der Waals surface area contributed by atoms with Gasteiger partial charge in [-0.3, -0.25) is 4.99 Å². The van der Waals surface area contributed by atoms with Crippen molar-refractivity contribution >= 4 is 23.1 Å². The summed E-state index contributed by atoms with van der Waals surface area (Å²) in [5.41, 5.74) is 0. The van der Waals surface area contributed by atoms with Gasteiger partial charge in [0.25, 0.3) is 0 Å². The molecule has 6 heteroatoms. The highest BCUT2D eigenvalue weighted by atomic mass is 32.1. The van der Waals surface area contributed by atoms with Crippen molar-refractivity contribution in [2.75, 3.05) is 25.5 Å². The Labute approximate surface area is 135 Å². The number of nitrogens with one attached hydrogen (secondary N) is 3. The van der Waals surface area contributed by atoms with Gasteiger partial charge in [-0.2, -0.15) is 0 Å². The highest BCUT2D eigenvalue weighted by Gasteiger charge is 1.98. The molecule has 0 fully saturated rings. The van der Waals surface area contributed by atoms with Crippen molar-refractivity contribution in [3.63, 3.8) is 0 Å². The van der Waals surface area contributed by atoms with Crippen LogP contribution in [0.5, 0.6) is 0 Å². The molecule has 5 nitrogen and oxygen atoms in total. The van der Waals surface area contributed by atoms with E-state index in [4.69, 9.17) is 0 Å². The highest BCUT2D eigenvalue weighted by molar-refractivity contribution is 7.09. The van der Waals surface area contributed by atoms with Gasteiger partial charge in [0.1, 0.15) is 5.82 Å². The first-order valence-electron chi connectivity index (χ1n) is 7.50. The Balaban J connectivity index is 1.53. The van der Waals surface area contributed by atoms with E-state index in [0.29, 0.717) is 0 Å². The zero-order valence-corrected chi connectivity index (χ0v) is 13.7. The van der Waals surface area contributed by atoms with Crippen LogP contribution in [0.25, 0.3) is 0 Å². The first-order valence-corrected chi connectivity index (χ1v) is 8.38. The molecule has 3 N–H and O–H groups in total. The number of hydrogen-bond acceptors (Lipinski definition) is 4. The van der Waals surface area contributed by atoms with Gasteiger partial charge in [0.2, 0.25) is 0 Å². The summed E-state index contributed by atoms with van der Waals surface area (Å²) in [5.74, 6) is 1.79. The van der Waals surface area contributed by atoms with Crippen LogP contribution in [-0.2, 0) is 6.54 Å². The van der Waals surface area contributed by atoms with Crippen LogP contribution in [0.1, 0.15) is 17.7 Å². The van der Waals surface area contributed by atoms with E-state index < -0.39 is 0 Å². The number of aliphatic imine (C=N–C) groups is 1. The lowest BCUT2D eigenvalue weighted by Crippen LogP contribution is -2.37. The summed E-state index contributed by atoms with van der Waals surface area (Å²) in [6.45, 7) is 2.66. The molecule has 0 aromatic carbocycles. The molecule has 118 valence electrons. The van der Waals surface area contributed by atoms with Gasteiger partial charge in [0.05, 0.1) is 6.54 Å². The van der Waals surface area contributed by atoms with Gasteiger partial charge in [-0.25, -0.2) is 4.98 Å². The lowest BCUT2D eigenvalue weighted by Gasteiger charge is -2.11. The topological polar surface area (TPSA) is 61.3 Å². The first-order chi connectivity index (χ1) is 10.9. The molecular formula is C16H23N5S. The molecule has 0 spiro atoms. The maximum absolute atomic E-state index is 4.23. The molecule has 0 aliphatic rings. The normalized spacial score (nSPS) is 11.2. The molecule has 2 aromatic heterocycles. The smallest absolute Gasteiger partial charge is 0.191 e. The maximum Gasteiger partial charge on any atom is 0.191 e. The molecule has 2 rings (SSSR count). The third-order valence-corrected chi connectivity index (χ3v) is 3.98. The van der Waals surface area contributed by atoms with Crippen LogP contribution < -0.4 is 16.0 Å². The SMILES string of the molecule is CN=C(NCCCCNc1ccccn1)NCc1cccs1. The van der Waals surface area contributed by atoms with Crippen LogP contribution in [-0.4, -0.2) is 31.1 Å². The van der Waals surface area contributed by atoms with Crippen molar-refractivity contribution in [2.45, 2.75) is 19.4 Å². The molecule has 0 aliphatic heterocycles. The van der Waals surface area contributed by atoms with Gasteiger partial charge in [-0.05, 0) is 36.4 Å². The number of unbranched alkanes of at least 4 members (excludes halogenated alkanes) is 1. The van der Waals surface area contributed by atoms with Gasteiger partial charge in [-0.15, -0.1) is 11.3 Å². The standard InChI is InChI=1S/C16H23N5S/c1-17-16(21-13-14-7-6-12-22-14)20-11-5-4-10-19-15-8-2-3-9-18-15/h2-3,6-9,12H,4-5,10-11,13H2,1H3,(H,18,19)(H2,17,20,21). The zero-order valence-electron chi connectivity index (χ0n) is 12.9. The quantitative estimate of drug-likeness (QED) is 0.398. The first kappa shape index (κ1) is 16.3. The Morgan fingerprint density at radius 2 is 2.05 bits per heavy atom. The average Bonchev–Trinajstić information content (AvgIpc) is 3.08. The Morgan fingerprint density at radius 1 is 1.14 bits per heavy atom. The van der Waals surface area contributed by atoms with Crippen LogP contribution in [0.15, 0.2) is 46.9 Å². The van der Waals surface area contributed by atoms with E-state index in [9.17, 15) is 0 Å². The fourth-order valence-corrected chi connectivity index (χ4v) is 2.59. The largest absolute Gasteiger partial charge is 0.370 e. The van der Waals surface area contributed by atoms with Gasteiger partial charge in [0, 0.05) is 31.2 Å². The van der Waals surface area contributed by atoms with Crippen molar-refractivity contribution in [3.05, 3.63) is 46.8 Å². The van der Waals surface area contributed by atoms with Gasteiger partial charge in [0.15, 0.2) is 5.96 Å². The Morgan fingerprint density at radius 3 is 2.77 bits per heavy atom. The van der Waals surface area contributed by atoms with Crippen molar-refractivity contribution in [1.29, 1.82) is 0 Å². The lowest BCUT2D eigenvalue weighted by molar-refractivity contribution is 0.712.